The first kappa shape index (κ1) is 19.6. The van der Waals surface area contributed by atoms with Crippen LogP contribution in [0.2, 0.25) is 0 Å². The first-order valence-corrected chi connectivity index (χ1v) is 9.87. The highest BCUT2D eigenvalue weighted by Crippen LogP contribution is 2.22. The zero-order chi connectivity index (χ0) is 20.9. The van der Waals surface area contributed by atoms with E-state index in [1.807, 2.05) is 67.6 Å². The van der Waals surface area contributed by atoms with Crippen LogP contribution in [0, 0.1) is 6.92 Å². The number of hydrogen-bond donors (Lipinski definition) is 1. The molecule has 0 bridgehead atoms. The Labute approximate surface area is 174 Å². The molecule has 30 heavy (non-hydrogen) atoms. The summed E-state index contributed by atoms with van der Waals surface area (Å²) in [5, 5.41) is 2.14. The van der Waals surface area contributed by atoms with Gasteiger partial charge >= 0.3 is 6.09 Å². The van der Waals surface area contributed by atoms with Gasteiger partial charge in [0.15, 0.2) is 6.10 Å². The van der Waals surface area contributed by atoms with Crippen molar-refractivity contribution in [2.24, 2.45) is 0 Å². The lowest BCUT2D eigenvalue weighted by Crippen LogP contribution is -2.24. The van der Waals surface area contributed by atoms with E-state index in [0.717, 1.165) is 28.1 Å². The van der Waals surface area contributed by atoms with E-state index in [4.69, 9.17) is 9.15 Å². The fraction of sp³-hybridized carbons (Fsp3) is 0.208. The third kappa shape index (κ3) is 4.66. The summed E-state index contributed by atoms with van der Waals surface area (Å²) in [5.41, 5.74) is 4.05. The number of imide groups is 1. The van der Waals surface area contributed by atoms with Gasteiger partial charge in [-0.1, -0.05) is 54.6 Å². The number of ether oxygens (including phenoxy) is 1. The number of carbonyl (C=O) groups is 2. The number of hydrogen-bond acceptors (Lipinski definition) is 5. The molecule has 1 aliphatic heterocycles. The lowest BCUT2D eigenvalue weighted by Gasteiger charge is -2.06. The van der Waals surface area contributed by atoms with Crippen LogP contribution in [0.5, 0.6) is 0 Å². The van der Waals surface area contributed by atoms with Gasteiger partial charge in [-0.15, -0.1) is 0 Å². The van der Waals surface area contributed by atoms with Gasteiger partial charge in [-0.3, -0.25) is 10.1 Å². The maximum Gasteiger partial charge on any atom is 0.414 e. The Hall–Kier alpha value is -3.67. The topological polar surface area (TPSA) is 81.4 Å². The molecule has 0 radical (unpaired) electrons. The molecule has 4 rings (SSSR count). The third-order valence-electron chi connectivity index (χ3n) is 4.98. The first-order chi connectivity index (χ1) is 14.6. The van der Waals surface area contributed by atoms with Crippen LogP contribution >= 0.6 is 0 Å². The zero-order valence-electron chi connectivity index (χ0n) is 16.6. The Bertz CT molecular complexity index is 1070. The van der Waals surface area contributed by atoms with Crippen LogP contribution in [-0.2, 0) is 22.4 Å². The third-order valence-corrected chi connectivity index (χ3v) is 4.98. The van der Waals surface area contributed by atoms with Gasteiger partial charge < -0.3 is 9.15 Å². The van der Waals surface area contributed by atoms with E-state index in [2.05, 4.69) is 16.4 Å². The number of amides is 2. The molecule has 2 heterocycles. The Morgan fingerprint density at radius 3 is 2.53 bits per heavy atom. The number of alkyl carbamates (subject to hydrolysis) is 1. The number of benzene rings is 2. The molecule has 3 aromatic rings. The molecule has 1 fully saturated rings. The Kier molecular flexibility index (Phi) is 5.75. The Balaban J connectivity index is 1.32. The molecule has 1 aromatic heterocycles. The minimum atomic E-state index is -0.691. The lowest BCUT2D eigenvalue weighted by molar-refractivity contribution is -0.123. The summed E-state index contributed by atoms with van der Waals surface area (Å²) >= 11 is 0. The standard InChI is InChI=1S/C24H22N2O4/c1-16-20(25-23(29-16)19-7-3-2-4-8-19)9-5-6-17-10-12-18(13-11-17)14-15-21-22(27)26-24(28)30-21/h2-8,10-13,21H,9,14-15H2,1H3,(H,26,27,28). The van der Waals surface area contributed by atoms with Gasteiger partial charge in [-0.25, -0.2) is 9.78 Å². The number of carbonyl (C=O) groups excluding carboxylic acids is 2. The molecule has 6 heteroatoms. The maximum absolute atomic E-state index is 11.5. The average molecular weight is 402 g/mol. The molecule has 1 N–H and O–H groups in total. The normalized spacial score (nSPS) is 16.1. The van der Waals surface area contributed by atoms with E-state index in [-0.39, 0.29) is 5.91 Å². The number of allylic oxidation sites excluding steroid dienone is 1. The monoisotopic (exact) mass is 402 g/mol. The second-order valence-corrected chi connectivity index (χ2v) is 7.16. The largest absolute Gasteiger partial charge is 0.441 e. The number of oxazole rings is 1. The van der Waals surface area contributed by atoms with Crippen LogP contribution in [0.3, 0.4) is 0 Å². The summed E-state index contributed by atoms with van der Waals surface area (Å²) in [6.45, 7) is 1.93. The zero-order valence-corrected chi connectivity index (χ0v) is 16.6. The molecule has 1 aliphatic rings. The summed E-state index contributed by atoms with van der Waals surface area (Å²) in [6, 6.07) is 17.9. The minimum Gasteiger partial charge on any atom is -0.441 e. The first-order valence-electron chi connectivity index (χ1n) is 9.87. The van der Waals surface area contributed by atoms with E-state index >= 15 is 0 Å². The Morgan fingerprint density at radius 1 is 1.07 bits per heavy atom. The van der Waals surface area contributed by atoms with Crippen LogP contribution < -0.4 is 5.32 Å². The van der Waals surface area contributed by atoms with Crippen molar-refractivity contribution in [1.29, 1.82) is 0 Å². The van der Waals surface area contributed by atoms with Crippen molar-refractivity contribution < 1.29 is 18.7 Å². The highest BCUT2D eigenvalue weighted by atomic mass is 16.6. The predicted octanol–water partition coefficient (Wildman–Crippen LogP) is 4.47. The quantitative estimate of drug-likeness (QED) is 0.630. The fourth-order valence-corrected chi connectivity index (χ4v) is 3.30. The van der Waals surface area contributed by atoms with Crippen LogP contribution in [0.15, 0.2) is 65.1 Å². The molecule has 152 valence electrons. The molecule has 0 saturated carbocycles. The van der Waals surface area contributed by atoms with E-state index in [9.17, 15) is 9.59 Å². The molecule has 1 saturated heterocycles. The molecule has 0 spiro atoms. The number of aromatic nitrogens is 1. The second-order valence-electron chi connectivity index (χ2n) is 7.16. The summed E-state index contributed by atoms with van der Waals surface area (Å²) in [4.78, 5) is 27.2. The molecular formula is C24H22N2O4. The molecule has 6 nitrogen and oxygen atoms in total. The molecule has 2 aromatic carbocycles. The summed E-state index contributed by atoms with van der Waals surface area (Å²) in [7, 11) is 0. The highest BCUT2D eigenvalue weighted by Gasteiger charge is 2.31. The SMILES string of the molecule is Cc1oc(-c2ccccc2)nc1CC=Cc1ccc(CCC2OC(=O)NC2=O)cc1. The minimum absolute atomic E-state index is 0.363. The van der Waals surface area contributed by atoms with E-state index in [1.165, 1.54) is 0 Å². The highest BCUT2D eigenvalue weighted by molar-refractivity contribution is 5.99. The van der Waals surface area contributed by atoms with Gasteiger partial charge in [0.05, 0.1) is 5.69 Å². The van der Waals surface area contributed by atoms with Crippen LogP contribution in [-0.4, -0.2) is 23.1 Å². The van der Waals surface area contributed by atoms with Gasteiger partial charge in [-0.2, -0.15) is 0 Å². The van der Waals surface area contributed by atoms with E-state index in [1.54, 1.807) is 0 Å². The number of nitrogens with one attached hydrogen (secondary N) is 1. The molecular weight excluding hydrogens is 380 g/mol. The van der Waals surface area contributed by atoms with Crippen molar-refractivity contribution in [3.63, 3.8) is 0 Å². The van der Waals surface area contributed by atoms with Crippen LogP contribution in [0.25, 0.3) is 17.5 Å². The van der Waals surface area contributed by atoms with Gasteiger partial charge in [0.25, 0.3) is 5.91 Å². The van der Waals surface area contributed by atoms with Crippen molar-refractivity contribution in [2.75, 3.05) is 0 Å². The second kappa shape index (κ2) is 8.78. The van der Waals surface area contributed by atoms with Gasteiger partial charge in [-0.05, 0) is 43.0 Å². The number of nitrogens with zero attached hydrogens (tertiary/aromatic N) is 1. The van der Waals surface area contributed by atoms with Gasteiger partial charge in [0, 0.05) is 12.0 Å². The van der Waals surface area contributed by atoms with E-state index < -0.39 is 12.2 Å². The predicted molar refractivity (Wildman–Crippen MR) is 113 cm³/mol. The van der Waals surface area contributed by atoms with Crippen molar-refractivity contribution in [2.45, 2.75) is 32.3 Å². The molecule has 0 aliphatic carbocycles. The molecule has 2 amide bonds. The van der Waals surface area contributed by atoms with Crippen molar-refractivity contribution >= 4 is 18.1 Å². The summed E-state index contributed by atoms with van der Waals surface area (Å²) in [6.07, 6.45) is 4.58. The summed E-state index contributed by atoms with van der Waals surface area (Å²) in [5.74, 6) is 1.10. The van der Waals surface area contributed by atoms with Crippen LogP contribution in [0.4, 0.5) is 4.79 Å². The number of rotatable bonds is 7. The van der Waals surface area contributed by atoms with Gasteiger partial charge in [0.2, 0.25) is 5.89 Å². The van der Waals surface area contributed by atoms with Crippen molar-refractivity contribution in [1.82, 2.24) is 10.3 Å². The van der Waals surface area contributed by atoms with Crippen LogP contribution in [0.1, 0.15) is 29.0 Å². The smallest absolute Gasteiger partial charge is 0.414 e. The lowest BCUT2D eigenvalue weighted by atomic mass is 10.0. The fourth-order valence-electron chi connectivity index (χ4n) is 3.30. The van der Waals surface area contributed by atoms with Gasteiger partial charge in [0.1, 0.15) is 5.76 Å². The van der Waals surface area contributed by atoms with Crippen molar-refractivity contribution in [3.8, 4) is 11.5 Å². The number of aryl methyl sites for hydroxylation is 2. The molecule has 1 atom stereocenters. The van der Waals surface area contributed by atoms with Crippen molar-refractivity contribution in [3.05, 3.63) is 83.3 Å². The summed E-state index contributed by atoms with van der Waals surface area (Å²) < 4.78 is 10.7. The molecule has 1 unspecified atom stereocenters. The average Bonchev–Trinajstić information content (AvgIpc) is 3.29. The number of cyclic esters (lactones) is 1. The maximum atomic E-state index is 11.5. The van der Waals surface area contributed by atoms with E-state index in [0.29, 0.717) is 25.2 Å². The Morgan fingerprint density at radius 2 is 1.83 bits per heavy atom.